The number of aryl methyl sites for hydroxylation is 1. The molecule has 1 unspecified atom stereocenters. The third-order valence-electron chi connectivity index (χ3n) is 2.89. The molecule has 1 aliphatic rings. The first kappa shape index (κ1) is 9.99. The number of nitrogens with one attached hydrogen (secondary N) is 1. The molecule has 1 aromatic heterocycles. The van der Waals surface area contributed by atoms with Crippen LogP contribution in [-0.4, -0.2) is 22.9 Å². The molecule has 0 aliphatic carbocycles. The second-order valence-corrected chi connectivity index (χ2v) is 4.39. The molecule has 78 valence electrons. The van der Waals surface area contributed by atoms with Gasteiger partial charge in [0.05, 0.1) is 16.9 Å². The molecular weight excluding hydrogens is 198 g/mol. The van der Waals surface area contributed by atoms with Gasteiger partial charge in [-0.3, -0.25) is 4.68 Å². The Bertz CT molecular complexity index is 283. The monoisotopic (exact) mass is 213 g/mol. The minimum absolute atomic E-state index is 0.719. The van der Waals surface area contributed by atoms with Gasteiger partial charge in [0, 0.05) is 7.05 Å². The van der Waals surface area contributed by atoms with E-state index in [2.05, 4.69) is 10.4 Å². The van der Waals surface area contributed by atoms with E-state index in [1.54, 1.807) is 6.20 Å². The van der Waals surface area contributed by atoms with Crippen LogP contribution >= 0.6 is 11.6 Å². The average Bonchev–Trinajstić information content (AvgIpc) is 2.51. The van der Waals surface area contributed by atoms with Gasteiger partial charge in [0.25, 0.3) is 0 Å². The Kier molecular flexibility index (Phi) is 3.08. The molecule has 0 amide bonds. The van der Waals surface area contributed by atoms with E-state index in [1.165, 1.54) is 18.5 Å². The summed E-state index contributed by atoms with van der Waals surface area (Å²) in [4.78, 5) is 0. The molecule has 2 rings (SSSR count). The Morgan fingerprint density at radius 3 is 3.14 bits per heavy atom. The number of nitrogens with zero attached hydrogens (tertiary/aromatic N) is 2. The summed E-state index contributed by atoms with van der Waals surface area (Å²) in [5, 5.41) is 8.36. The van der Waals surface area contributed by atoms with Gasteiger partial charge in [0.15, 0.2) is 0 Å². The lowest BCUT2D eigenvalue weighted by molar-refractivity contribution is 0.369. The van der Waals surface area contributed by atoms with E-state index < -0.39 is 0 Å². The first-order valence-electron chi connectivity index (χ1n) is 5.14. The van der Waals surface area contributed by atoms with Crippen molar-refractivity contribution in [3.63, 3.8) is 0 Å². The molecule has 1 N–H and O–H groups in total. The van der Waals surface area contributed by atoms with E-state index >= 15 is 0 Å². The van der Waals surface area contributed by atoms with Gasteiger partial charge in [-0.05, 0) is 38.3 Å². The predicted octanol–water partition coefficient (Wildman–Crippen LogP) is 1.62. The normalized spacial score (nSPS) is 22.6. The smallest absolute Gasteiger partial charge is 0.0817 e. The predicted molar refractivity (Wildman–Crippen MR) is 57.5 cm³/mol. The van der Waals surface area contributed by atoms with Crippen molar-refractivity contribution in [2.75, 3.05) is 13.1 Å². The third-order valence-corrected chi connectivity index (χ3v) is 3.21. The zero-order valence-electron chi connectivity index (χ0n) is 8.46. The van der Waals surface area contributed by atoms with Crippen LogP contribution in [0.3, 0.4) is 0 Å². The van der Waals surface area contributed by atoms with Crippen LogP contribution in [0.4, 0.5) is 0 Å². The van der Waals surface area contributed by atoms with Crippen LogP contribution in [-0.2, 0) is 13.5 Å². The van der Waals surface area contributed by atoms with Crippen LogP contribution in [0.2, 0.25) is 5.02 Å². The SMILES string of the molecule is Cn1ncc(Cl)c1CC1CCCNC1. The van der Waals surface area contributed by atoms with Crippen LogP contribution in [0.5, 0.6) is 0 Å². The lowest BCUT2D eigenvalue weighted by Gasteiger charge is -2.22. The lowest BCUT2D eigenvalue weighted by Crippen LogP contribution is -2.31. The summed E-state index contributed by atoms with van der Waals surface area (Å²) in [5.41, 5.74) is 1.17. The van der Waals surface area contributed by atoms with Crippen molar-refractivity contribution in [3.8, 4) is 0 Å². The number of rotatable bonds is 2. The fraction of sp³-hybridized carbons (Fsp3) is 0.700. The fourth-order valence-electron chi connectivity index (χ4n) is 2.04. The standard InChI is InChI=1S/C10H16ClN3/c1-14-10(9(11)7-13-14)5-8-3-2-4-12-6-8/h7-8,12H,2-6H2,1H3. The summed E-state index contributed by atoms with van der Waals surface area (Å²) in [5.74, 6) is 0.719. The summed E-state index contributed by atoms with van der Waals surface area (Å²) in [6.07, 6.45) is 5.35. The molecule has 0 spiro atoms. The maximum atomic E-state index is 6.06. The summed E-state index contributed by atoms with van der Waals surface area (Å²) in [7, 11) is 1.96. The molecular formula is C10H16ClN3. The Hall–Kier alpha value is -0.540. The Morgan fingerprint density at radius 2 is 2.57 bits per heavy atom. The highest BCUT2D eigenvalue weighted by molar-refractivity contribution is 6.31. The molecule has 1 fully saturated rings. The molecule has 1 saturated heterocycles. The lowest BCUT2D eigenvalue weighted by atomic mass is 9.95. The van der Waals surface area contributed by atoms with E-state index in [-0.39, 0.29) is 0 Å². The summed E-state index contributed by atoms with van der Waals surface area (Å²) >= 11 is 6.06. The van der Waals surface area contributed by atoms with Gasteiger partial charge in [-0.25, -0.2) is 0 Å². The third kappa shape index (κ3) is 2.10. The highest BCUT2D eigenvalue weighted by atomic mass is 35.5. The molecule has 3 nitrogen and oxygen atoms in total. The zero-order valence-corrected chi connectivity index (χ0v) is 9.22. The number of piperidine rings is 1. The van der Waals surface area contributed by atoms with Crippen molar-refractivity contribution in [1.82, 2.24) is 15.1 Å². The van der Waals surface area contributed by atoms with Crippen LogP contribution in [0.1, 0.15) is 18.5 Å². The Balaban J connectivity index is 2.02. The van der Waals surface area contributed by atoms with Gasteiger partial charge in [-0.1, -0.05) is 11.6 Å². The van der Waals surface area contributed by atoms with Crippen molar-refractivity contribution in [1.29, 1.82) is 0 Å². The van der Waals surface area contributed by atoms with Gasteiger partial charge in [0.2, 0.25) is 0 Å². The van der Waals surface area contributed by atoms with Crippen molar-refractivity contribution in [2.45, 2.75) is 19.3 Å². The van der Waals surface area contributed by atoms with Gasteiger partial charge in [-0.15, -0.1) is 0 Å². The van der Waals surface area contributed by atoms with E-state index in [0.29, 0.717) is 0 Å². The molecule has 14 heavy (non-hydrogen) atoms. The Morgan fingerprint density at radius 1 is 1.71 bits per heavy atom. The quantitative estimate of drug-likeness (QED) is 0.809. The van der Waals surface area contributed by atoms with Gasteiger partial charge < -0.3 is 5.32 Å². The minimum Gasteiger partial charge on any atom is -0.316 e. The molecule has 1 aliphatic heterocycles. The zero-order chi connectivity index (χ0) is 9.97. The molecule has 2 heterocycles. The van der Waals surface area contributed by atoms with Crippen molar-refractivity contribution in [2.24, 2.45) is 13.0 Å². The maximum absolute atomic E-state index is 6.06. The first-order valence-corrected chi connectivity index (χ1v) is 5.52. The largest absolute Gasteiger partial charge is 0.316 e. The number of aromatic nitrogens is 2. The van der Waals surface area contributed by atoms with Crippen molar-refractivity contribution >= 4 is 11.6 Å². The number of halogens is 1. The fourth-order valence-corrected chi connectivity index (χ4v) is 2.28. The van der Waals surface area contributed by atoms with Gasteiger partial charge in [0.1, 0.15) is 0 Å². The van der Waals surface area contributed by atoms with Crippen LogP contribution in [0.15, 0.2) is 6.20 Å². The minimum atomic E-state index is 0.719. The number of hydrogen-bond donors (Lipinski definition) is 1. The van der Waals surface area contributed by atoms with Crippen molar-refractivity contribution in [3.05, 3.63) is 16.9 Å². The first-order chi connectivity index (χ1) is 6.77. The van der Waals surface area contributed by atoms with E-state index in [9.17, 15) is 0 Å². The summed E-state index contributed by atoms with van der Waals surface area (Å²) < 4.78 is 1.89. The molecule has 1 atom stereocenters. The van der Waals surface area contributed by atoms with Gasteiger partial charge in [-0.2, -0.15) is 5.10 Å². The van der Waals surface area contributed by atoms with E-state index in [4.69, 9.17) is 11.6 Å². The van der Waals surface area contributed by atoms with Crippen LogP contribution in [0, 0.1) is 5.92 Å². The highest BCUT2D eigenvalue weighted by Gasteiger charge is 2.16. The van der Waals surface area contributed by atoms with Crippen LogP contribution in [0.25, 0.3) is 0 Å². The van der Waals surface area contributed by atoms with E-state index in [0.717, 1.165) is 30.5 Å². The maximum Gasteiger partial charge on any atom is 0.0817 e. The summed E-state index contributed by atoms with van der Waals surface area (Å²) in [6, 6.07) is 0. The average molecular weight is 214 g/mol. The van der Waals surface area contributed by atoms with Crippen LogP contribution < -0.4 is 5.32 Å². The number of hydrogen-bond acceptors (Lipinski definition) is 2. The second kappa shape index (κ2) is 4.32. The molecule has 0 radical (unpaired) electrons. The molecule has 0 saturated carbocycles. The Labute approximate surface area is 89.4 Å². The highest BCUT2D eigenvalue weighted by Crippen LogP contribution is 2.21. The molecule has 0 aromatic carbocycles. The summed E-state index contributed by atoms with van der Waals surface area (Å²) in [6.45, 7) is 2.27. The van der Waals surface area contributed by atoms with Gasteiger partial charge >= 0.3 is 0 Å². The second-order valence-electron chi connectivity index (χ2n) is 3.98. The topological polar surface area (TPSA) is 29.9 Å². The van der Waals surface area contributed by atoms with E-state index in [1.807, 2.05) is 11.7 Å². The van der Waals surface area contributed by atoms with Crippen molar-refractivity contribution < 1.29 is 0 Å². The molecule has 1 aromatic rings. The molecule has 4 heteroatoms. The molecule has 0 bridgehead atoms.